The highest BCUT2D eigenvalue weighted by atomic mass is 32.2. The molecule has 0 atom stereocenters. The van der Waals surface area contributed by atoms with Crippen LogP contribution in [-0.4, -0.2) is 20.9 Å². The molecule has 0 fully saturated rings. The van der Waals surface area contributed by atoms with Gasteiger partial charge < -0.3 is 4.98 Å². The van der Waals surface area contributed by atoms with Gasteiger partial charge in [-0.2, -0.15) is 0 Å². The van der Waals surface area contributed by atoms with Crippen LogP contribution in [0.15, 0.2) is 71.3 Å². The number of thiazole rings is 1. The van der Waals surface area contributed by atoms with Gasteiger partial charge in [-0.05, 0) is 23.6 Å². The standard InChI is InChI=1S/C23H22N4OS2/c1-3-17-9-7-8-12-21(17)27(16(2)28)23-25-19(15-30-23)14-29-22-24-13-20(26-22)18-10-5-4-6-11-18/h4-13,15H,3,14H2,1-2H3,(H,24,26). The summed E-state index contributed by atoms with van der Waals surface area (Å²) in [6.07, 6.45) is 2.71. The van der Waals surface area contributed by atoms with E-state index in [2.05, 4.69) is 35.1 Å². The van der Waals surface area contributed by atoms with Gasteiger partial charge in [0.25, 0.3) is 0 Å². The minimum absolute atomic E-state index is 0.0389. The lowest BCUT2D eigenvalue weighted by Gasteiger charge is -2.20. The van der Waals surface area contributed by atoms with E-state index in [1.54, 1.807) is 23.6 Å². The van der Waals surface area contributed by atoms with E-state index >= 15 is 0 Å². The zero-order valence-electron chi connectivity index (χ0n) is 16.8. The van der Waals surface area contributed by atoms with Crippen LogP contribution in [0.5, 0.6) is 0 Å². The van der Waals surface area contributed by atoms with Crippen molar-refractivity contribution in [1.82, 2.24) is 15.0 Å². The van der Waals surface area contributed by atoms with Gasteiger partial charge in [0.05, 0.1) is 23.3 Å². The molecule has 7 heteroatoms. The molecule has 2 aromatic heterocycles. The Morgan fingerprint density at radius 2 is 1.90 bits per heavy atom. The second-order valence-corrected chi connectivity index (χ2v) is 8.52. The van der Waals surface area contributed by atoms with Crippen molar-refractivity contribution in [1.29, 1.82) is 0 Å². The topological polar surface area (TPSA) is 61.9 Å². The summed E-state index contributed by atoms with van der Waals surface area (Å²) in [7, 11) is 0. The normalized spacial score (nSPS) is 10.9. The number of anilines is 2. The molecule has 4 rings (SSSR count). The number of hydrogen-bond acceptors (Lipinski definition) is 5. The minimum atomic E-state index is -0.0389. The van der Waals surface area contributed by atoms with Crippen molar-refractivity contribution in [3.8, 4) is 11.3 Å². The van der Waals surface area contributed by atoms with Gasteiger partial charge in [-0.3, -0.25) is 9.69 Å². The summed E-state index contributed by atoms with van der Waals surface area (Å²) < 4.78 is 0. The zero-order chi connectivity index (χ0) is 20.9. The lowest BCUT2D eigenvalue weighted by atomic mass is 10.1. The van der Waals surface area contributed by atoms with Crippen molar-refractivity contribution in [2.45, 2.75) is 31.2 Å². The van der Waals surface area contributed by atoms with E-state index < -0.39 is 0 Å². The average Bonchev–Trinajstić information content (AvgIpc) is 3.43. The van der Waals surface area contributed by atoms with Gasteiger partial charge in [0, 0.05) is 18.1 Å². The van der Waals surface area contributed by atoms with Gasteiger partial charge in [-0.15, -0.1) is 11.3 Å². The van der Waals surface area contributed by atoms with Crippen molar-refractivity contribution >= 4 is 39.8 Å². The fourth-order valence-corrected chi connectivity index (χ4v) is 4.91. The smallest absolute Gasteiger partial charge is 0.230 e. The van der Waals surface area contributed by atoms with Gasteiger partial charge in [-0.25, -0.2) is 9.97 Å². The Morgan fingerprint density at radius 3 is 2.67 bits per heavy atom. The number of thioether (sulfide) groups is 1. The van der Waals surface area contributed by atoms with Crippen LogP contribution in [0.3, 0.4) is 0 Å². The third-order valence-electron chi connectivity index (χ3n) is 4.65. The molecule has 0 unspecified atom stereocenters. The summed E-state index contributed by atoms with van der Waals surface area (Å²) in [6, 6.07) is 18.1. The molecule has 4 aromatic rings. The third-order valence-corrected chi connectivity index (χ3v) is 6.45. The highest BCUT2D eigenvalue weighted by molar-refractivity contribution is 7.98. The predicted octanol–water partition coefficient (Wildman–Crippen LogP) is 6.07. The van der Waals surface area contributed by atoms with E-state index in [1.807, 2.05) is 48.0 Å². The van der Waals surface area contributed by atoms with Gasteiger partial charge in [0.1, 0.15) is 0 Å². The molecule has 0 spiro atoms. The van der Waals surface area contributed by atoms with E-state index in [1.165, 1.54) is 11.3 Å². The number of aryl methyl sites for hydroxylation is 1. The number of carbonyl (C=O) groups excluding carboxylic acids is 1. The molecule has 0 aliphatic carbocycles. The Labute approximate surface area is 184 Å². The van der Waals surface area contributed by atoms with Crippen LogP contribution in [0.2, 0.25) is 0 Å². The van der Waals surface area contributed by atoms with Crippen LogP contribution in [0, 0.1) is 0 Å². The van der Waals surface area contributed by atoms with Gasteiger partial charge >= 0.3 is 0 Å². The highest BCUT2D eigenvalue weighted by Gasteiger charge is 2.20. The molecule has 30 heavy (non-hydrogen) atoms. The van der Waals surface area contributed by atoms with Crippen LogP contribution in [0.25, 0.3) is 11.3 Å². The third kappa shape index (κ3) is 4.47. The summed E-state index contributed by atoms with van der Waals surface area (Å²) in [4.78, 5) is 26.7. The summed E-state index contributed by atoms with van der Waals surface area (Å²) in [5.41, 5.74) is 5.07. The maximum atomic E-state index is 12.4. The maximum absolute atomic E-state index is 12.4. The van der Waals surface area contributed by atoms with Crippen LogP contribution in [0.1, 0.15) is 25.1 Å². The van der Waals surface area contributed by atoms with Gasteiger partial charge in [0.2, 0.25) is 5.91 Å². The maximum Gasteiger partial charge on any atom is 0.230 e. The Balaban J connectivity index is 1.48. The Hall–Kier alpha value is -2.90. The molecule has 0 radical (unpaired) electrons. The van der Waals surface area contributed by atoms with E-state index in [9.17, 15) is 4.79 Å². The number of carbonyl (C=O) groups is 1. The summed E-state index contributed by atoms with van der Waals surface area (Å²) in [5.74, 6) is 0.641. The Kier molecular flexibility index (Phi) is 6.30. The quantitative estimate of drug-likeness (QED) is 0.359. The van der Waals surface area contributed by atoms with Crippen LogP contribution in [-0.2, 0) is 17.0 Å². The number of nitrogens with one attached hydrogen (secondary N) is 1. The van der Waals surface area contributed by atoms with Crippen molar-refractivity contribution < 1.29 is 4.79 Å². The highest BCUT2D eigenvalue weighted by Crippen LogP contribution is 2.33. The molecule has 0 saturated carbocycles. The van der Waals surface area contributed by atoms with E-state index in [4.69, 9.17) is 4.98 Å². The minimum Gasteiger partial charge on any atom is -0.333 e. The first kappa shape index (κ1) is 20.4. The summed E-state index contributed by atoms with van der Waals surface area (Å²) in [6.45, 7) is 3.67. The second-order valence-electron chi connectivity index (χ2n) is 6.71. The van der Waals surface area contributed by atoms with E-state index in [0.29, 0.717) is 10.9 Å². The molecule has 5 nitrogen and oxygen atoms in total. The molecule has 2 aromatic carbocycles. The van der Waals surface area contributed by atoms with Crippen molar-refractivity contribution in [3.63, 3.8) is 0 Å². The van der Waals surface area contributed by atoms with Gasteiger partial charge in [0.15, 0.2) is 10.3 Å². The van der Waals surface area contributed by atoms with Gasteiger partial charge in [-0.1, -0.05) is 67.2 Å². The summed E-state index contributed by atoms with van der Waals surface area (Å²) in [5, 5.41) is 3.56. The second kappa shape index (κ2) is 9.28. The number of imidazole rings is 1. The Bertz CT molecular complexity index is 1140. The van der Waals surface area contributed by atoms with Crippen LogP contribution in [0.4, 0.5) is 10.8 Å². The molecule has 1 N–H and O–H groups in total. The molecule has 1 amide bonds. The number of H-pyrrole nitrogens is 1. The first-order valence-electron chi connectivity index (χ1n) is 9.72. The number of aromatic amines is 1. The van der Waals surface area contributed by atoms with Crippen LogP contribution < -0.4 is 4.90 Å². The monoisotopic (exact) mass is 434 g/mol. The van der Waals surface area contributed by atoms with E-state index in [-0.39, 0.29) is 5.91 Å². The largest absolute Gasteiger partial charge is 0.333 e. The molecule has 2 heterocycles. The molecular weight excluding hydrogens is 412 g/mol. The number of hydrogen-bond donors (Lipinski definition) is 1. The molecule has 0 saturated heterocycles. The zero-order valence-corrected chi connectivity index (χ0v) is 18.5. The number of para-hydroxylation sites is 1. The first-order chi connectivity index (χ1) is 14.7. The SMILES string of the molecule is CCc1ccccc1N(C(C)=O)c1nc(CSc2ncc(-c3ccccc3)[nH]2)cs1. The number of aromatic nitrogens is 3. The average molecular weight is 435 g/mol. The predicted molar refractivity (Wildman–Crippen MR) is 124 cm³/mol. The lowest BCUT2D eigenvalue weighted by Crippen LogP contribution is -2.23. The summed E-state index contributed by atoms with van der Waals surface area (Å²) >= 11 is 3.09. The van der Waals surface area contributed by atoms with Crippen molar-refractivity contribution in [3.05, 3.63) is 77.4 Å². The molecule has 152 valence electrons. The number of rotatable bonds is 7. The molecule has 0 bridgehead atoms. The van der Waals surface area contributed by atoms with Crippen molar-refractivity contribution in [2.75, 3.05) is 4.90 Å². The fourth-order valence-electron chi connectivity index (χ4n) is 3.18. The fraction of sp³-hybridized carbons (Fsp3) is 0.174. The first-order valence-corrected chi connectivity index (χ1v) is 11.6. The molecule has 0 aliphatic heterocycles. The Morgan fingerprint density at radius 1 is 1.13 bits per heavy atom. The van der Waals surface area contributed by atoms with Crippen molar-refractivity contribution in [2.24, 2.45) is 0 Å². The molecule has 0 aliphatic rings. The molecular formula is C23H22N4OS2. The lowest BCUT2D eigenvalue weighted by molar-refractivity contribution is -0.115. The number of amides is 1. The number of benzene rings is 2. The van der Waals surface area contributed by atoms with E-state index in [0.717, 1.165) is 39.8 Å². The number of nitrogens with zero attached hydrogens (tertiary/aromatic N) is 3. The van der Waals surface area contributed by atoms with Crippen LogP contribution >= 0.6 is 23.1 Å².